The van der Waals surface area contributed by atoms with Crippen molar-refractivity contribution in [3.05, 3.63) is 84.9 Å². The normalized spacial score (nSPS) is 13.9. The topological polar surface area (TPSA) is 64.7 Å². The smallest absolute Gasteiger partial charge is 0.321 e. The minimum absolute atomic E-state index is 0.143. The van der Waals surface area contributed by atoms with Crippen LogP contribution in [0.1, 0.15) is 0 Å². The van der Waals surface area contributed by atoms with Crippen molar-refractivity contribution in [1.82, 2.24) is 9.80 Å². The van der Waals surface area contributed by atoms with Crippen molar-refractivity contribution in [3.63, 3.8) is 0 Å². The Morgan fingerprint density at radius 2 is 0.906 bits per heavy atom. The lowest BCUT2D eigenvalue weighted by atomic mass is 10.1. The molecule has 0 atom stereocenters. The number of anilines is 2. The van der Waals surface area contributed by atoms with E-state index >= 15 is 0 Å². The predicted octanol–water partition coefficient (Wildman–Crippen LogP) is 5.37. The number of hydrogen-bond acceptors (Lipinski definition) is 2. The number of benzene rings is 4. The second-order valence-electron chi connectivity index (χ2n) is 7.89. The van der Waals surface area contributed by atoms with Crippen LogP contribution >= 0.6 is 0 Å². The molecule has 160 valence electrons. The van der Waals surface area contributed by atoms with Gasteiger partial charge in [-0.2, -0.15) is 0 Å². The maximum absolute atomic E-state index is 12.8. The maximum Gasteiger partial charge on any atom is 0.321 e. The summed E-state index contributed by atoms with van der Waals surface area (Å²) in [6, 6.07) is 27.4. The molecule has 4 aromatic carbocycles. The van der Waals surface area contributed by atoms with Crippen LogP contribution in [-0.2, 0) is 0 Å². The lowest BCUT2D eigenvalue weighted by Gasteiger charge is -2.34. The Kier molecular flexibility index (Phi) is 5.34. The fourth-order valence-electron chi connectivity index (χ4n) is 4.17. The van der Waals surface area contributed by atoms with Gasteiger partial charge in [0, 0.05) is 37.0 Å². The molecule has 0 bridgehead atoms. The summed E-state index contributed by atoms with van der Waals surface area (Å²) in [5.41, 5.74) is 1.59. The lowest BCUT2D eigenvalue weighted by molar-refractivity contribution is 0.156. The second-order valence-corrected chi connectivity index (χ2v) is 7.89. The highest BCUT2D eigenvalue weighted by atomic mass is 16.2. The first-order chi connectivity index (χ1) is 15.7. The van der Waals surface area contributed by atoms with Crippen molar-refractivity contribution < 1.29 is 9.59 Å². The number of urea groups is 2. The van der Waals surface area contributed by atoms with Gasteiger partial charge >= 0.3 is 12.1 Å². The standard InChI is InChI=1S/C26H24N4O2/c31-25(27-23-13-5-9-19-7-1-3-11-21(19)23)29-15-17-30(18-16-29)26(32)28-24-14-6-10-20-8-2-4-12-22(20)24/h1-14H,15-18H2,(H,27,31)(H,28,32). The van der Waals surface area contributed by atoms with Gasteiger partial charge in [0.05, 0.1) is 11.4 Å². The molecule has 1 aliphatic rings. The minimum atomic E-state index is -0.143. The number of hydrogen-bond donors (Lipinski definition) is 2. The first-order valence-electron chi connectivity index (χ1n) is 10.8. The largest absolute Gasteiger partial charge is 0.321 e. The highest BCUT2D eigenvalue weighted by molar-refractivity contribution is 6.03. The summed E-state index contributed by atoms with van der Waals surface area (Å²) < 4.78 is 0. The predicted molar refractivity (Wildman–Crippen MR) is 129 cm³/mol. The molecule has 0 spiro atoms. The molecule has 1 heterocycles. The molecule has 6 nitrogen and oxygen atoms in total. The number of fused-ring (bicyclic) bond motifs is 2. The van der Waals surface area contributed by atoms with E-state index in [2.05, 4.69) is 10.6 Å². The van der Waals surface area contributed by atoms with Gasteiger partial charge in [0.2, 0.25) is 0 Å². The van der Waals surface area contributed by atoms with Crippen LogP contribution in [0.4, 0.5) is 21.0 Å². The Balaban J connectivity index is 1.21. The van der Waals surface area contributed by atoms with E-state index in [9.17, 15) is 9.59 Å². The van der Waals surface area contributed by atoms with E-state index < -0.39 is 0 Å². The van der Waals surface area contributed by atoms with E-state index in [-0.39, 0.29) is 12.1 Å². The van der Waals surface area contributed by atoms with Crippen LogP contribution in [0.5, 0.6) is 0 Å². The molecule has 4 amide bonds. The molecule has 6 heteroatoms. The Hall–Kier alpha value is -4.06. The molecule has 5 rings (SSSR count). The van der Waals surface area contributed by atoms with Gasteiger partial charge in [-0.1, -0.05) is 72.8 Å². The number of amides is 4. The summed E-state index contributed by atoms with van der Waals surface area (Å²) in [4.78, 5) is 29.1. The molecule has 0 radical (unpaired) electrons. The van der Waals surface area contributed by atoms with Gasteiger partial charge < -0.3 is 20.4 Å². The third-order valence-corrected chi connectivity index (χ3v) is 5.92. The van der Waals surface area contributed by atoms with Gasteiger partial charge in [0.1, 0.15) is 0 Å². The molecule has 0 saturated carbocycles. The number of rotatable bonds is 2. The van der Waals surface area contributed by atoms with Crippen molar-refractivity contribution in [2.75, 3.05) is 36.8 Å². The van der Waals surface area contributed by atoms with Gasteiger partial charge in [0.25, 0.3) is 0 Å². The average Bonchev–Trinajstić information content (AvgIpc) is 2.84. The average molecular weight is 425 g/mol. The summed E-state index contributed by atoms with van der Waals surface area (Å²) in [5.74, 6) is 0. The first kappa shape index (κ1) is 19.9. The summed E-state index contributed by atoms with van der Waals surface area (Å²) in [6.45, 7) is 1.94. The van der Waals surface area contributed by atoms with Gasteiger partial charge in [-0.15, -0.1) is 0 Å². The van der Waals surface area contributed by atoms with E-state index in [1.54, 1.807) is 9.80 Å². The van der Waals surface area contributed by atoms with E-state index in [1.807, 2.05) is 84.9 Å². The zero-order chi connectivity index (χ0) is 21.9. The molecule has 0 unspecified atom stereocenters. The highest BCUT2D eigenvalue weighted by Crippen LogP contribution is 2.25. The Morgan fingerprint density at radius 1 is 0.531 bits per heavy atom. The molecule has 32 heavy (non-hydrogen) atoms. The molecule has 1 aliphatic heterocycles. The fourth-order valence-corrected chi connectivity index (χ4v) is 4.17. The fraction of sp³-hybridized carbons (Fsp3) is 0.154. The Labute approximate surface area is 186 Å². The number of nitrogens with zero attached hydrogens (tertiary/aromatic N) is 2. The van der Waals surface area contributed by atoms with Crippen LogP contribution in [0.2, 0.25) is 0 Å². The van der Waals surface area contributed by atoms with Crippen LogP contribution in [0.3, 0.4) is 0 Å². The summed E-state index contributed by atoms with van der Waals surface area (Å²) in [5, 5.41) is 10.2. The Morgan fingerprint density at radius 3 is 1.34 bits per heavy atom. The molecule has 1 fully saturated rings. The molecule has 2 N–H and O–H groups in total. The van der Waals surface area contributed by atoms with Gasteiger partial charge in [0.15, 0.2) is 0 Å². The number of nitrogens with one attached hydrogen (secondary N) is 2. The second kappa shape index (κ2) is 8.59. The molecule has 1 saturated heterocycles. The first-order valence-corrected chi connectivity index (χ1v) is 10.8. The minimum Gasteiger partial charge on any atom is -0.321 e. The number of carbonyl (C=O) groups is 2. The summed E-state index contributed by atoms with van der Waals surface area (Å²) in [6.07, 6.45) is 0. The van der Waals surface area contributed by atoms with Gasteiger partial charge in [-0.25, -0.2) is 9.59 Å². The van der Waals surface area contributed by atoms with E-state index in [0.29, 0.717) is 26.2 Å². The van der Waals surface area contributed by atoms with Crippen molar-refractivity contribution in [1.29, 1.82) is 0 Å². The van der Waals surface area contributed by atoms with E-state index in [1.165, 1.54) is 0 Å². The van der Waals surface area contributed by atoms with Gasteiger partial charge in [-0.3, -0.25) is 0 Å². The SMILES string of the molecule is O=C(Nc1cccc2ccccc12)N1CCN(C(=O)Nc2cccc3ccccc23)CC1. The van der Waals surface area contributed by atoms with Crippen LogP contribution < -0.4 is 10.6 Å². The third-order valence-electron chi connectivity index (χ3n) is 5.92. The Bertz CT molecular complexity index is 1180. The highest BCUT2D eigenvalue weighted by Gasteiger charge is 2.24. The molecule has 0 aliphatic carbocycles. The van der Waals surface area contributed by atoms with Crippen molar-refractivity contribution in [2.24, 2.45) is 0 Å². The molecular weight excluding hydrogens is 400 g/mol. The quantitative estimate of drug-likeness (QED) is 0.454. The maximum atomic E-state index is 12.8. The van der Waals surface area contributed by atoms with Gasteiger partial charge in [-0.05, 0) is 22.9 Å². The van der Waals surface area contributed by atoms with Crippen LogP contribution in [0.15, 0.2) is 84.9 Å². The zero-order valence-electron chi connectivity index (χ0n) is 17.6. The summed E-state index contributed by atoms with van der Waals surface area (Å²) >= 11 is 0. The molecular formula is C26H24N4O2. The van der Waals surface area contributed by atoms with Crippen molar-refractivity contribution in [2.45, 2.75) is 0 Å². The number of piperazine rings is 1. The third kappa shape index (κ3) is 3.95. The van der Waals surface area contributed by atoms with E-state index in [0.717, 1.165) is 32.9 Å². The van der Waals surface area contributed by atoms with Crippen LogP contribution in [-0.4, -0.2) is 48.0 Å². The molecule has 0 aromatic heterocycles. The summed E-state index contributed by atoms with van der Waals surface area (Å²) in [7, 11) is 0. The lowest BCUT2D eigenvalue weighted by Crippen LogP contribution is -2.52. The van der Waals surface area contributed by atoms with E-state index in [4.69, 9.17) is 0 Å². The number of carbonyl (C=O) groups excluding carboxylic acids is 2. The monoisotopic (exact) mass is 424 g/mol. The van der Waals surface area contributed by atoms with Crippen LogP contribution in [0, 0.1) is 0 Å². The van der Waals surface area contributed by atoms with Crippen molar-refractivity contribution >= 4 is 45.0 Å². The zero-order valence-corrected chi connectivity index (χ0v) is 17.6. The molecule has 4 aromatic rings. The van der Waals surface area contributed by atoms with Crippen molar-refractivity contribution in [3.8, 4) is 0 Å². The van der Waals surface area contributed by atoms with Crippen LogP contribution in [0.25, 0.3) is 21.5 Å².